The summed E-state index contributed by atoms with van der Waals surface area (Å²) in [4.78, 5) is 2.16. The Hall–Kier alpha value is -2.27. The van der Waals surface area contributed by atoms with Gasteiger partial charge in [0.1, 0.15) is 0 Å². The lowest BCUT2D eigenvalue weighted by molar-refractivity contribution is 0.920. The van der Waals surface area contributed by atoms with Crippen LogP contribution in [0.5, 0.6) is 0 Å². The normalized spacial score (nSPS) is 10.0. The van der Waals surface area contributed by atoms with Crippen molar-refractivity contribution in [3.05, 3.63) is 64.7 Å². The first-order valence-corrected chi connectivity index (χ1v) is 6.37. The Bertz CT molecular complexity index is 623. The third-order valence-electron chi connectivity index (χ3n) is 3.41. The van der Waals surface area contributed by atoms with Crippen LogP contribution in [0.25, 0.3) is 0 Å². The first kappa shape index (κ1) is 13.2. The summed E-state index contributed by atoms with van der Waals surface area (Å²) in [6.07, 6.45) is 0. The molecule has 0 unspecified atom stereocenters. The van der Waals surface area contributed by atoms with Crippen molar-refractivity contribution in [1.82, 2.24) is 0 Å². The zero-order valence-corrected chi connectivity index (χ0v) is 11.6. The number of anilines is 1. The molecule has 0 amide bonds. The lowest BCUT2D eigenvalue weighted by Crippen LogP contribution is -2.16. The standard InChI is InChI=1S/C17H18N2/c1-13-7-8-16(9-14(13)2)12-19(3)17-6-4-5-15(10-17)11-18/h4-10H,12H2,1-3H3. The first-order valence-electron chi connectivity index (χ1n) is 6.37. The van der Waals surface area contributed by atoms with E-state index in [1.54, 1.807) is 0 Å². The van der Waals surface area contributed by atoms with Crippen LogP contribution < -0.4 is 4.90 Å². The number of benzene rings is 2. The number of aryl methyl sites for hydroxylation is 2. The van der Waals surface area contributed by atoms with E-state index in [4.69, 9.17) is 5.26 Å². The Morgan fingerprint density at radius 2 is 1.84 bits per heavy atom. The van der Waals surface area contributed by atoms with Gasteiger partial charge >= 0.3 is 0 Å². The van der Waals surface area contributed by atoms with Crippen LogP contribution >= 0.6 is 0 Å². The second-order valence-corrected chi connectivity index (χ2v) is 4.94. The van der Waals surface area contributed by atoms with Crippen molar-refractivity contribution in [2.45, 2.75) is 20.4 Å². The molecule has 0 aliphatic heterocycles. The summed E-state index contributed by atoms with van der Waals surface area (Å²) >= 11 is 0. The van der Waals surface area contributed by atoms with Crippen molar-refractivity contribution in [2.75, 3.05) is 11.9 Å². The van der Waals surface area contributed by atoms with E-state index in [-0.39, 0.29) is 0 Å². The fourth-order valence-electron chi connectivity index (χ4n) is 2.08. The summed E-state index contributed by atoms with van der Waals surface area (Å²) < 4.78 is 0. The van der Waals surface area contributed by atoms with Crippen LogP contribution in [-0.4, -0.2) is 7.05 Å². The van der Waals surface area contributed by atoms with Gasteiger partial charge in [-0.25, -0.2) is 0 Å². The highest BCUT2D eigenvalue weighted by atomic mass is 15.1. The zero-order chi connectivity index (χ0) is 13.8. The molecule has 0 heterocycles. The average Bonchev–Trinajstić information content (AvgIpc) is 2.43. The monoisotopic (exact) mass is 250 g/mol. The first-order chi connectivity index (χ1) is 9.10. The van der Waals surface area contributed by atoms with Gasteiger partial charge in [0.15, 0.2) is 0 Å². The van der Waals surface area contributed by atoms with Crippen molar-refractivity contribution in [1.29, 1.82) is 5.26 Å². The molecule has 0 aliphatic carbocycles. The molecule has 0 saturated carbocycles. The highest BCUT2D eigenvalue weighted by Gasteiger charge is 2.04. The van der Waals surface area contributed by atoms with Crippen LogP contribution in [0.1, 0.15) is 22.3 Å². The summed E-state index contributed by atoms with van der Waals surface area (Å²) in [7, 11) is 2.05. The number of nitrogens with zero attached hydrogens (tertiary/aromatic N) is 2. The Labute approximate surface area is 114 Å². The molecule has 0 saturated heterocycles. The Balaban J connectivity index is 2.18. The second kappa shape index (κ2) is 5.58. The predicted molar refractivity (Wildman–Crippen MR) is 79.2 cm³/mol. The van der Waals surface area contributed by atoms with Crippen LogP contribution in [-0.2, 0) is 6.54 Å². The molecule has 2 heteroatoms. The van der Waals surface area contributed by atoms with Gasteiger partial charge in [-0.2, -0.15) is 5.26 Å². The maximum Gasteiger partial charge on any atom is 0.0992 e. The average molecular weight is 250 g/mol. The minimum absolute atomic E-state index is 0.699. The SMILES string of the molecule is Cc1ccc(CN(C)c2cccc(C#N)c2)cc1C. The van der Waals surface area contributed by atoms with Crippen molar-refractivity contribution < 1.29 is 0 Å². The van der Waals surface area contributed by atoms with Crippen LogP contribution in [0.4, 0.5) is 5.69 Å². The fourth-order valence-corrected chi connectivity index (χ4v) is 2.08. The zero-order valence-electron chi connectivity index (χ0n) is 11.6. The van der Waals surface area contributed by atoms with Gasteiger partial charge in [0.2, 0.25) is 0 Å². The predicted octanol–water partition coefficient (Wildman–Crippen LogP) is 3.81. The van der Waals surface area contributed by atoms with E-state index in [9.17, 15) is 0 Å². The van der Waals surface area contributed by atoms with E-state index >= 15 is 0 Å². The summed E-state index contributed by atoms with van der Waals surface area (Å²) in [5.74, 6) is 0. The Morgan fingerprint density at radius 1 is 1.05 bits per heavy atom. The van der Waals surface area contributed by atoms with Crippen molar-refractivity contribution >= 4 is 5.69 Å². The highest BCUT2D eigenvalue weighted by molar-refractivity contribution is 5.51. The summed E-state index contributed by atoms with van der Waals surface area (Å²) in [5.41, 5.74) is 5.68. The van der Waals surface area contributed by atoms with Crippen molar-refractivity contribution in [3.8, 4) is 6.07 Å². The third kappa shape index (κ3) is 3.14. The molecule has 0 atom stereocenters. The van der Waals surface area contributed by atoms with Gasteiger partial charge in [0.25, 0.3) is 0 Å². The van der Waals surface area contributed by atoms with Crippen LogP contribution in [0.2, 0.25) is 0 Å². The molecule has 2 rings (SSSR count). The largest absolute Gasteiger partial charge is 0.370 e. The van der Waals surface area contributed by atoms with E-state index in [0.717, 1.165) is 12.2 Å². The molecule has 0 N–H and O–H groups in total. The van der Waals surface area contributed by atoms with Gasteiger partial charge in [-0.3, -0.25) is 0 Å². The number of hydrogen-bond donors (Lipinski definition) is 0. The van der Waals surface area contributed by atoms with Crippen LogP contribution in [0.3, 0.4) is 0 Å². The van der Waals surface area contributed by atoms with Crippen molar-refractivity contribution in [2.24, 2.45) is 0 Å². The molecule has 0 bridgehead atoms. The molecule has 96 valence electrons. The molecule has 0 radical (unpaired) electrons. The van der Waals surface area contributed by atoms with E-state index in [1.165, 1.54) is 16.7 Å². The van der Waals surface area contributed by atoms with E-state index in [1.807, 2.05) is 31.3 Å². The van der Waals surface area contributed by atoms with Crippen molar-refractivity contribution in [3.63, 3.8) is 0 Å². The van der Waals surface area contributed by atoms with Crippen LogP contribution in [0.15, 0.2) is 42.5 Å². The van der Waals surface area contributed by atoms with Gasteiger partial charge in [-0.1, -0.05) is 24.3 Å². The Kier molecular flexibility index (Phi) is 3.87. The van der Waals surface area contributed by atoms with E-state index in [0.29, 0.717) is 5.56 Å². The minimum atomic E-state index is 0.699. The number of hydrogen-bond acceptors (Lipinski definition) is 2. The molecular formula is C17H18N2. The van der Waals surface area contributed by atoms with E-state index in [2.05, 4.69) is 43.0 Å². The summed E-state index contributed by atoms with van der Waals surface area (Å²) in [5, 5.41) is 8.93. The minimum Gasteiger partial charge on any atom is -0.370 e. The van der Waals surface area contributed by atoms with Crippen LogP contribution in [0, 0.1) is 25.2 Å². The molecule has 0 aromatic heterocycles. The number of rotatable bonds is 3. The lowest BCUT2D eigenvalue weighted by atomic mass is 10.1. The van der Waals surface area contributed by atoms with E-state index < -0.39 is 0 Å². The molecule has 0 fully saturated rings. The molecule has 2 aromatic carbocycles. The summed E-state index contributed by atoms with van der Waals surface area (Å²) in [6.45, 7) is 5.10. The lowest BCUT2D eigenvalue weighted by Gasteiger charge is -2.20. The fraction of sp³-hybridized carbons (Fsp3) is 0.235. The maximum atomic E-state index is 8.93. The molecular weight excluding hydrogens is 232 g/mol. The second-order valence-electron chi connectivity index (χ2n) is 4.94. The quantitative estimate of drug-likeness (QED) is 0.828. The molecule has 2 aromatic rings. The smallest absolute Gasteiger partial charge is 0.0992 e. The Morgan fingerprint density at radius 3 is 2.53 bits per heavy atom. The van der Waals surface area contributed by atoms with Gasteiger partial charge in [-0.05, 0) is 48.7 Å². The van der Waals surface area contributed by atoms with Gasteiger partial charge < -0.3 is 4.90 Å². The topological polar surface area (TPSA) is 27.0 Å². The number of nitriles is 1. The molecule has 2 nitrogen and oxygen atoms in total. The summed E-state index contributed by atoms with van der Waals surface area (Å²) in [6, 6.07) is 16.4. The van der Waals surface area contributed by atoms with Gasteiger partial charge in [-0.15, -0.1) is 0 Å². The maximum absolute atomic E-state index is 8.93. The molecule has 0 spiro atoms. The third-order valence-corrected chi connectivity index (χ3v) is 3.41. The molecule has 0 aliphatic rings. The van der Waals surface area contributed by atoms with Gasteiger partial charge in [0.05, 0.1) is 11.6 Å². The molecule has 19 heavy (non-hydrogen) atoms. The van der Waals surface area contributed by atoms with Gasteiger partial charge in [0, 0.05) is 19.3 Å². The highest BCUT2D eigenvalue weighted by Crippen LogP contribution is 2.18.